The Labute approximate surface area is 244 Å². The zero-order valence-electron chi connectivity index (χ0n) is 24.8. The minimum Gasteiger partial charge on any atom is -0.465 e. The highest BCUT2D eigenvalue weighted by Gasteiger charge is 2.79. The minimum absolute atomic E-state index is 0.174. The average Bonchev–Trinajstić information content (AvgIpc) is 3.52. The van der Waals surface area contributed by atoms with Gasteiger partial charge in [0, 0.05) is 13.1 Å². The first-order valence-corrected chi connectivity index (χ1v) is 15.0. The molecule has 1 spiro atoms. The SMILES string of the molecule is C=CCCCCOC(=O)[C@H]1[C@H]2C(=O)N([C@@H](CO)CC(C)C)C(C(=O)N(CC=C)Cc3ccccc3)C23CC[C@]1(C)O3. The lowest BCUT2D eigenvalue weighted by molar-refractivity contribution is -0.162. The molecular weight excluding hydrogens is 520 g/mol. The van der Waals surface area contributed by atoms with E-state index in [0.29, 0.717) is 32.2 Å². The summed E-state index contributed by atoms with van der Waals surface area (Å²) in [6, 6.07) is 8.14. The molecule has 2 bridgehead atoms. The van der Waals surface area contributed by atoms with Crippen LogP contribution in [-0.4, -0.2) is 75.7 Å². The van der Waals surface area contributed by atoms with Gasteiger partial charge in [0.1, 0.15) is 17.6 Å². The molecule has 0 aliphatic carbocycles. The van der Waals surface area contributed by atoms with E-state index < -0.39 is 41.1 Å². The minimum atomic E-state index is -1.17. The smallest absolute Gasteiger partial charge is 0.312 e. The lowest BCUT2D eigenvalue weighted by Gasteiger charge is -2.40. The molecule has 3 fully saturated rings. The molecular formula is C33H46N2O6. The van der Waals surface area contributed by atoms with Crippen LogP contribution in [0.15, 0.2) is 55.6 Å². The van der Waals surface area contributed by atoms with Gasteiger partial charge in [0.25, 0.3) is 0 Å². The van der Waals surface area contributed by atoms with Crippen LogP contribution in [0.1, 0.15) is 64.9 Å². The van der Waals surface area contributed by atoms with Crippen LogP contribution in [0.2, 0.25) is 0 Å². The topological polar surface area (TPSA) is 96.4 Å². The van der Waals surface area contributed by atoms with Crippen LogP contribution in [0, 0.1) is 17.8 Å². The number of hydrogen-bond donors (Lipinski definition) is 1. The summed E-state index contributed by atoms with van der Waals surface area (Å²) in [5, 5.41) is 10.5. The second-order valence-electron chi connectivity index (χ2n) is 12.4. The van der Waals surface area contributed by atoms with Crippen LogP contribution in [0.5, 0.6) is 0 Å². The quantitative estimate of drug-likeness (QED) is 0.194. The van der Waals surface area contributed by atoms with Gasteiger partial charge in [-0.05, 0) is 56.9 Å². The Kier molecular flexibility index (Phi) is 9.75. The number of unbranched alkanes of at least 4 members (excludes halogenated alkanes) is 2. The average molecular weight is 567 g/mol. The van der Waals surface area contributed by atoms with Crippen LogP contribution in [0.4, 0.5) is 0 Å². The first-order chi connectivity index (χ1) is 19.6. The molecule has 0 saturated carbocycles. The summed E-state index contributed by atoms with van der Waals surface area (Å²) in [5.41, 5.74) is -1.12. The number of esters is 1. The molecule has 1 aromatic carbocycles. The number of fused-ring (bicyclic) bond motifs is 1. The summed E-state index contributed by atoms with van der Waals surface area (Å²) >= 11 is 0. The number of amides is 2. The molecule has 8 heteroatoms. The van der Waals surface area contributed by atoms with Gasteiger partial charge in [-0.15, -0.1) is 13.2 Å². The molecule has 0 radical (unpaired) electrons. The fourth-order valence-corrected chi connectivity index (χ4v) is 7.23. The van der Waals surface area contributed by atoms with Crippen molar-refractivity contribution in [2.45, 2.75) is 89.1 Å². The third-order valence-corrected chi connectivity index (χ3v) is 8.97. The number of benzene rings is 1. The van der Waals surface area contributed by atoms with Gasteiger partial charge in [0.15, 0.2) is 0 Å². The van der Waals surface area contributed by atoms with Crippen molar-refractivity contribution >= 4 is 17.8 Å². The van der Waals surface area contributed by atoms with Gasteiger partial charge in [0.05, 0.1) is 30.8 Å². The number of rotatable bonds is 15. The number of aliphatic hydroxyl groups is 1. The highest BCUT2D eigenvalue weighted by Crippen LogP contribution is 2.63. The number of carbonyl (C=O) groups is 3. The fraction of sp³-hybridized carbons (Fsp3) is 0.606. The van der Waals surface area contributed by atoms with E-state index in [9.17, 15) is 19.5 Å². The van der Waals surface area contributed by atoms with Crippen LogP contribution < -0.4 is 0 Å². The van der Waals surface area contributed by atoms with Gasteiger partial charge < -0.3 is 24.4 Å². The van der Waals surface area contributed by atoms with Gasteiger partial charge in [-0.1, -0.05) is 56.3 Å². The van der Waals surface area contributed by atoms with E-state index >= 15 is 0 Å². The largest absolute Gasteiger partial charge is 0.465 e. The van der Waals surface area contributed by atoms with E-state index in [2.05, 4.69) is 13.2 Å². The van der Waals surface area contributed by atoms with Crippen molar-refractivity contribution < 1.29 is 29.0 Å². The highest BCUT2D eigenvalue weighted by molar-refractivity contribution is 5.98. The number of carbonyl (C=O) groups excluding carboxylic acids is 3. The van der Waals surface area contributed by atoms with Crippen molar-refractivity contribution in [2.24, 2.45) is 17.8 Å². The molecule has 8 nitrogen and oxygen atoms in total. The molecule has 0 aromatic heterocycles. The monoisotopic (exact) mass is 566 g/mol. The Hall–Kier alpha value is -2.97. The fourth-order valence-electron chi connectivity index (χ4n) is 7.23. The second-order valence-corrected chi connectivity index (χ2v) is 12.4. The third-order valence-electron chi connectivity index (χ3n) is 8.97. The summed E-state index contributed by atoms with van der Waals surface area (Å²) in [6.45, 7) is 14.1. The van der Waals surface area contributed by atoms with Gasteiger partial charge in [-0.3, -0.25) is 14.4 Å². The Morgan fingerprint density at radius 2 is 1.93 bits per heavy atom. The van der Waals surface area contributed by atoms with E-state index in [4.69, 9.17) is 9.47 Å². The normalized spacial score (nSPS) is 29.0. The number of allylic oxidation sites excluding steroid dienone is 1. The first kappa shape index (κ1) is 31.0. The summed E-state index contributed by atoms with van der Waals surface area (Å²) in [6.07, 6.45) is 7.45. The molecule has 3 heterocycles. The van der Waals surface area contributed by atoms with E-state index in [-0.39, 0.29) is 37.5 Å². The van der Waals surface area contributed by atoms with Crippen molar-refractivity contribution in [3.8, 4) is 0 Å². The Bertz CT molecular complexity index is 1120. The zero-order chi connectivity index (χ0) is 29.8. The van der Waals surface area contributed by atoms with Gasteiger partial charge in [0.2, 0.25) is 11.8 Å². The summed E-state index contributed by atoms with van der Waals surface area (Å²) < 4.78 is 12.4. The maximum atomic E-state index is 14.6. The lowest BCUT2D eigenvalue weighted by Crippen LogP contribution is -2.58. The maximum Gasteiger partial charge on any atom is 0.312 e. The predicted octanol–water partition coefficient (Wildman–Crippen LogP) is 4.27. The van der Waals surface area contributed by atoms with E-state index in [1.807, 2.05) is 57.2 Å². The zero-order valence-corrected chi connectivity index (χ0v) is 24.8. The number of aliphatic hydroxyl groups excluding tert-OH is 1. The van der Waals surface area contributed by atoms with E-state index in [1.54, 1.807) is 15.9 Å². The number of ether oxygens (including phenoxy) is 2. The molecule has 4 rings (SSSR count). The number of nitrogens with zero attached hydrogens (tertiary/aromatic N) is 2. The summed E-state index contributed by atoms with van der Waals surface area (Å²) in [7, 11) is 0. The number of likely N-dealkylation sites (tertiary alicyclic amines) is 1. The first-order valence-electron chi connectivity index (χ1n) is 15.0. The van der Waals surface area contributed by atoms with Crippen LogP contribution >= 0.6 is 0 Å². The van der Waals surface area contributed by atoms with Gasteiger partial charge in [-0.25, -0.2) is 0 Å². The molecule has 224 valence electrons. The Morgan fingerprint density at radius 1 is 1.20 bits per heavy atom. The van der Waals surface area contributed by atoms with Crippen molar-refractivity contribution in [2.75, 3.05) is 19.8 Å². The molecule has 1 N–H and O–H groups in total. The molecule has 3 aliphatic rings. The van der Waals surface area contributed by atoms with Gasteiger partial charge in [-0.2, -0.15) is 0 Å². The van der Waals surface area contributed by atoms with Crippen molar-refractivity contribution in [1.82, 2.24) is 9.80 Å². The van der Waals surface area contributed by atoms with Crippen LogP contribution in [0.25, 0.3) is 0 Å². The Balaban J connectivity index is 1.71. The van der Waals surface area contributed by atoms with Crippen LogP contribution in [-0.2, 0) is 30.4 Å². The lowest BCUT2D eigenvalue weighted by atomic mass is 9.66. The Morgan fingerprint density at radius 3 is 2.56 bits per heavy atom. The summed E-state index contributed by atoms with van der Waals surface area (Å²) in [4.78, 5) is 45.8. The number of hydrogen-bond acceptors (Lipinski definition) is 6. The highest BCUT2D eigenvalue weighted by atomic mass is 16.6. The van der Waals surface area contributed by atoms with E-state index in [0.717, 1.165) is 18.4 Å². The maximum absolute atomic E-state index is 14.6. The predicted molar refractivity (Wildman–Crippen MR) is 156 cm³/mol. The second kappa shape index (κ2) is 12.9. The third kappa shape index (κ3) is 5.86. The standard InChI is InChI=1S/C33H46N2O6/c1-6-8-9-13-19-40-31(39)27-26-29(37)35(25(22-36)20-23(3)4)28(33(26)17-16-32(27,5)41-33)30(38)34(18-7-2)21-24-14-11-10-12-15-24/h6-7,10-12,14-15,23,25-28,36H,1-2,8-9,13,16-22H2,3-5H3/t25-,26+,27-,28?,32+,33?/m1/s1. The molecule has 1 aromatic rings. The van der Waals surface area contributed by atoms with Crippen molar-refractivity contribution in [3.05, 3.63) is 61.2 Å². The molecule has 6 atom stereocenters. The molecule has 2 amide bonds. The van der Waals surface area contributed by atoms with E-state index in [1.165, 1.54) is 0 Å². The molecule has 2 unspecified atom stereocenters. The van der Waals surface area contributed by atoms with Crippen molar-refractivity contribution in [1.29, 1.82) is 0 Å². The summed E-state index contributed by atoms with van der Waals surface area (Å²) in [5.74, 6) is -2.50. The molecule has 3 aliphatic heterocycles. The van der Waals surface area contributed by atoms with Crippen molar-refractivity contribution in [3.63, 3.8) is 0 Å². The molecule has 41 heavy (non-hydrogen) atoms. The van der Waals surface area contributed by atoms with Crippen LogP contribution in [0.3, 0.4) is 0 Å². The van der Waals surface area contributed by atoms with Gasteiger partial charge >= 0.3 is 5.97 Å². The molecule has 3 saturated heterocycles.